The van der Waals surface area contributed by atoms with Crippen molar-refractivity contribution in [1.29, 1.82) is 0 Å². The van der Waals surface area contributed by atoms with Crippen LogP contribution in [-0.4, -0.2) is 30.9 Å². The van der Waals surface area contributed by atoms with E-state index in [1.54, 1.807) is 7.11 Å². The van der Waals surface area contributed by atoms with Gasteiger partial charge in [-0.1, -0.05) is 0 Å². The van der Waals surface area contributed by atoms with Crippen LogP contribution in [0.5, 0.6) is 5.75 Å². The van der Waals surface area contributed by atoms with Crippen molar-refractivity contribution in [1.82, 2.24) is 5.32 Å². The second-order valence-electron chi connectivity index (χ2n) is 7.52. The summed E-state index contributed by atoms with van der Waals surface area (Å²) in [6.45, 7) is 7.68. The fourth-order valence-corrected chi connectivity index (χ4v) is 3.06. The van der Waals surface area contributed by atoms with E-state index in [0.717, 1.165) is 42.7 Å². The summed E-state index contributed by atoms with van der Waals surface area (Å²) in [6, 6.07) is 6.80. The minimum absolute atomic E-state index is 0.204. The summed E-state index contributed by atoms with van der Waals surface area (Å²) in [5, 5.41) is 6.56. The molecular weight excluding hydrogens is 304 g/mol. The Morgan fingerprint density at radius 1 is 1.12 bits per heavy atom. The minimum Gasteiger partial charge on any atom is -0.496 e. The molecule has 1 aliphatic rings. The molecule has 0 atom stereocenters. The molecule has 0 unspecified atom stereocenters. The smallest absolute Gasteiger partial charge is 0.407 e. The molecule has 1 saturated carbocycles. The van der Waals surface area contributed by atoms with Gasteiger partial charge in [-0.05, 0) is 77.1 Å². The van der Waals surface area contributed by atoms with Gasteiger partial charge in [0.15, 0.2) is 0 Å². The molecule has 0 heterocycles. The van der Waals surface area contributed by atoms with E-state index in [9.17, 15) is 4.79 Å². The number of hydrogen-bond acceptors (Lipinski definition) is 4. The Morgan fingerprint density at radius 3 is 2.29 bits per heavy atom. The number of ether oxygens (including phenoxy) is 2. The van der Waals surface area contributed by atoms with Crippen molar-refractivity contribution in [2.24, 2.45) is 0 Å². The van der Waals surface area contributed by atoms with Crippen LogP contribution in [0.15, 0.2) is 18.2 Å². The number of methoxy groups -OCH3 is 1. The van der Waals surface area contributed by atoms with Crippen molar-refractivity contribution in [2.45, 2.75) is 71.1 Å². The number of anilines is 1. The van der Waals surface area contributed by atoms with Crippen LogP contribution in [0.2, 0.25) is 0 Å². The second kappa shape index (κ2) is 7.77. The van der Waals surface area contributed by atoms with E-state index in [4.69, 9.17) is 9.47 Å². The largest absolute Gasteiger partial charge is 0.496 e. The number of hydrogen-bond donors (Lipinski definition) is 2. The Bertz CT molecular complexity index is 558. The molecule has 0 bridgehead atoms. The summed E-state index contributed by atoms with van der Waals surface area (Å²) < 4.78 is 10.6. The highest BCUT2D eigenvalue weighted by atomic mass is 16.6. The van der Waals surface area contributed by atoms with E-state index in [2.05, 4.69) is 22.8 Å². The number of benzene rings is 1. The van der Waals surface area contributed by atoms with Crippen LogP contribution in [0.4, 0.5) is 10.5 Å². The maximum absolute atomic E-state index is 11.8. The Kier molecular flexibility index (Phi) is 5.97. The minimum atomic E-state index is -0.449. The highest BCUT2D eigenvalue weighted by Crippen LogP contribution is 2.26. The highest BCUT2D eigenvalue weighted by molar-refractivity contribution is 5.68. The molecule has 0 spiro atoms. The standard InChI is InChI=1S/C19H30N2O3/c1-13-12-16(10-11-17(13)23-5)20-14-6-8-15(9-7-14)21-18(22)24-19(2,3)4/h10-12,14-15,20H,6-9H2,1-5H3,(H,21,22). The normalized spacial score (nSPS) is 21.0. The van der Waals surface area contributed by atoms with E-state index in [0.29, 0.717) is 6.04 Å². The molecule has 0 aromatic heterocycles. The molecule has 2 rings (SSSR count). The summed E-state index contributed by atoms with van der Waals surface area (Å²) in [7, 11) is 1.69. The van der Waals surface area contributed by atoms with Crippen molar-refractivity contribution in [2.75, 3.05) is 12.4 Å². The predicted octanol–water partition coefficient (Wildman–Crippen LogP) is 4.25. The van der Waals surface area contributed by atoms with Crippen LogP contribution in [-0.2, 0) is 4.74 Å². The number of carbonyl (C=O) groups excluding carboxylic acids is 1. The van der Waals surface area contributed by atoms with Gasteiger partial charge in [-0.3, -0.25) is 0 Å². The molecule has 134 valence electrons. The van der Waals surface area contributed by atoms with Gasteiger partial charge in [0, 0.05) is 17.8 Å². The quantitative estimate of drug-likeness (QED) is 0.864. The van der Waals surface area contributed by atoms with E-state index in [1.807, 2.05) is 33.8 Å². The first-order valence-electron chi connectivity index (χ1n) is 8.67. The molecule has 5 nitrogen and oxygen atoms in total. The van der Waals surface area contributed by atoms with Gasteiger partial charge in [0.1, 0.15) is 11.4 Å². The van der Waals surface area contributed by atoms with Crippen molar-refractivity contribution in [3.63, 3.8) is 0 Å². The van der Waals surface area contributed by atoms with Crippen molar-refractivity contribution >= 4 is 11.8 Å². The fraction of sp³-hybridized carbons (Fsp3) is 0.632. The van der Waals surface area contributed by atoms with Crippen molar-refractivity contribution in [3.05, 3.63) is 23.8 Å². The summed E-state index contributed by atoms with van der Waals surface area (Å²) in [6.07, 6.45) is 3.68. The van der Waals surface area contributed by atoms with E-state index >= 15 is 0 Å². The molecule has 0 radical (unpaired) electrons. The maximum Gasteiger partial charge on any atom is 0.407 e. The lowest BCUT2D eigenvalue weighted by atomic mass is 9.91. The van der Waals surface area contributed by atoms with Crippen LogP contribution in [0, 0.1) is 6.92 Å². The van der Waals surface area contributed by atoms with E-state index in [1.165, 1.54) is 0 Å². The third-order valence-electron chi connectivity index (χ3n) is 4.21. The van der Waals surface area contributed by atoms with Crippen LogP contribution in [0.25, 0.3) is 0 Å². The fourth-order valence-electron chi connectivity index (χ4n) is 3.06. The Morgan fingerprint density at radius 2 is 1.75 bits per heavy atom. The molecule has 1 aromatic carbocycles. The van der Waals surface area contributed by atoms with Crippen LogP contribution in [0.1, 0.15) is 52.0 Å². The zero-order valence-electron chi connectivity index (χ0n) is 15.4. The molecule has 24 heavy (non-hydrogen) atoms. The third-order valence-corrected chi connectivity index (χ3v) is 4.21. The Balaban J connectivity index is 1.78. The van der Waals surface area contributed by atoms with Gasteiger partial charge in [0.25, 0.3) is 0 Å². The molecule has 1 fully saturated rings. The van der Waals surface area contributed by atoms with Crippen LogP contribution in [0.3, 0.4) is 0 Å². The number of rotatable bonds is 4. The van der Waals surface area contributed by atoms with Gasteiger partial charge in [-0.2, -0.15) is 0 Å². The molecule has 0 aliphatic heterocycles. The van der Waals surface area contributed by atoms with Crippen LogP contribution >= 0.6 is 0 Å². The lowest BCUT2D eigenvalue weighted by molar-refractivity contribution is 0.0492. The Hall–Kier alpha value is -1.91. The highest BCUT2D eigenvalue weighted by Gasteiger charge is 2.24. The predicted molar refractivity (Wildman–Crippen MR) is 96.8 cm³/mol. The first-order chi connectivity index (χ1) is 11.3. The zero-order chi connectivity index (χ0) is 17.7. The number of nitrogens with one attached hydrogen (secondary N) is 2. The second-order valence-corrected chi connectivity index (χ2v) is 7.52. The molecule has 1 amide bonds. The summed E-state index contributed by atoms with van der Waals surface area (Å²) in [5.41, 5.74) is 1.80. The van der Waals surface area contributed by atoms with Crippen LogP contribution < -0.4 is 15.4 Å². The van der Waals surface area contributed by atoms with Gasteiger partial charge in [-0.15, -0.1) is 0 Å². The molecule has 1 aromatic rings. The SMILES string of the molecule is COc1ccc(NC2CCC(NC(=O)OC(C)(C)C)CC2)cc1C. The van der Waals surface area contributed by atoms with E-state index in [-0.39, 0.29) is 12.1 Å². The third kappa shape index (κ3) is 5.62. The number of aryl methyl sites for hydroxylation is 1. The zero-order valence-corrected chi connectivity index (χ0v) is 15.4. The Labute approximate surface area is 145 Å². The lowest BCUT2D eigenvalue weighted by Crippen LogP contribution is -2.42. The molecule has 0 saturated heterocycles. The molecule has 2 N–H and O–H groups in total. The molecular formula is C19H30N2O3. The van der Waals surface area contributed by atoms with Gasteiger partial charge >= 0.3 is 6.09 Å². The molecule has 1 aliphatic carbocycles. The average molecular weight is 334 g/mol. The van der Waals surface area contributed by atoms with Gasteiger partial charge in [0.05, 0.1) is 7.11 Å². The van der Waals surface area contributed by atoms with Gasteiger partial charge < -0.3 is 20.1 Å². The number of alkyl carbamates (subject to hydrolysis) is 1. The monoisotopic (exact) mass is 334 g/mol. The first-order valence-corrected chi connectivity index (χ1v) is 8.67. The lowest BCUT2D eigenvalue weighted by Gasteiger charge is -2.31. The van der Waals surface area contributed by atoms with Crippen molar-refractivity contribution < 1.29 is 14.3 Å². The van der Waals surface area contributed by atoms with E-state index < -0.39 is 5.60 Å². The number of carbonyl (C=O) groups is 1. The number of amides is 1. The molecule has 5 heteroatoms. The van der Waals surface area contributed by atoms with Crippen molar-refractivity contribution in [3.8, 4) is 5.75 Å². The average Bonchev–Trinajstić information content (AvgIpc) is 2.47. The summed E-state index contributed by atoms with van der Waals surface area (Å²) in [5.74, 6) is 0.908. The van der Waals surface area contributed by atoms with Gasteiger partial charge in [-0.25, -0.2) is 4.79 Å². The maximum atomic E-state index is 11.8. The summed E-state index contributed by atoms with van der Waals surface area (Å²) >= 11 is 0. The van der Waals surface area contributed by atoms with Gasteiger partial charge in [0.2, 0.25) is 0 Å². The topological polar surface area (TPSA) is 59.6 Å². The summed E-state index contributed by atoms with van der Waals surface area (Å²) in [4.78, 5) is 11.8. The first kappa shape index (κ1) is 18.4.